The summed E-state index contributed by atoms with van der Waals surface area (Å²) in [6.45, 7) is 2.28. The van der Waals surface area contributed by atoms with Gasteiger partial charge in [-0.1, -0.05) is 19.4 Å². The monoisotopic (exact) mass is 332 g/mol. The number of rotatable bonds is 5. The molecule has 0 saturated carbocycles. The number of unbranched alkanes of at least 4 members (excludes halogenated alkanes) is 1. The highest BCUT2D eigenvalue weighted by atomic mass is 32.2. The van der Waals surface area contributed by atoms with Crippen LogP contribution in [0.5, 0.6) is 0 Å². The van der Waals surface area contributed by atoms with Crippen molar-refractivity contribution in [3.63, 3.8) is 0 Å². The summed E-state index contributed by atoms with van der Waals surface area (Å²) < 4.78 is 38.0. The lowest BCUT2D eigenvalue weighted by Gasteiger charge is -2.15. The Morgan fingerprint density at radius 3 is 2.68 bits per heavy atom. The fourth-order valence-electron chi connectivity index (χ4n) is 1.99. The summed E-state index contributed by atoms with van der Waals surface area (Å²) in [6.07, 6.45) is -2.91. The lowest BCUT2D eigenvalue weighted by molar-refractivity contribution is -0.137. The number of nitrogens with zero attached hydrogens (tertiary/aromatic N) is 1. The molecule has 0 bridgehead atoms. The molecule has 0 aliphatic carbocycles. The van der Waals surface area contributed by atoms with E-state index in [1.54, 1.807) is 0 Å². The zero-order valence-electron chi connectivity index (χ0n) is 11.8. The Bertz CT molecular complexity index is 577. The SMILES string of the molecule is CCCCN1C(=O)S[C@H](Nc2cccc(C(F)(F)F)c2)C1=O. The van der Waals surface area contributed by atoms with Crippen LogP contribution < -0.4 is 5.32 Å². The maximum Gasteiger partial charge on any atom is 0.416 e. The van der Waals surface area contributed by atoms with Gasteiger partial charge < -0.3 is 5.32 Å². The number of imide groups is 1. The van der Waals surface area contributed by atoms with Crippen molar-refractivity contribution >= 4 is 28.6 Å². The number of carbonyl (C=O) groups is 2. The van der Waals surface area contributed by atoms with Crippen LogP contribution >= 0.6 is 11.8 Å². The average molecular weight is 332 g/mol. The van der Waals surface area contributed by atoms with Crippen molar-refractivity contribution in [3.8, 4) is 0 Å². The van der Waals surface area contributed by atoms with Gasteiger partial charge >= 0.3 is 6.18 Å². The molecular weight excluding hydrogens is 317 g/mol. The second-order valence-corrected chi connectivity index (χ2v) is 5.89. The van der Waals surface area contributed by atoms with Crippen molar-refractivity contribution in [3.05, 3.63) is 29.8 Å². The van der Waals surface area contributed by atoms with E-state index in [0.29, 0.717) is 13.0 Å². The van der Waals surface area contributed by atoms with Crippen molar-refractivity contribution in [2.45, 2.75) is 31.3 Å². The van der Waals surface area contributed by atoms with Gasteiger partial charge in [-0.15, -0.1) is 0 Å². The Balaban J connectivity index is 2.08. The van der Waals surface area contributed by atoms with E-state index in [-0.39, 0.29) is 10.9 Å². The molecule has 1 aromatic carbocycles. The third-order valence-electron chi connectivity index (χ3n) is 3.15. The summed E-state index contributed by atoms with van der Waals surface area (Å²) in [5.41, 5.74) is -0.645. The molecule has 1 heterocycles. The fourth-order valence-corrected chi connectivity index (χ4v) is 2.93. The predicted octanol–water partition coefficient (Wildman–Crippen LogP) is 3.94. The van der Waals surface area contributed by atoms with Gasteiger partial charge in [0, 0.05) is 12.2 Å². The zero-order valence-corrected chi connectivity index (χ0v) is 12.6. The molecule has 22 heavy (non-hydrogen) atoms. The van der Waals surface area contributed by atoms with E-state index in [2.05, 4.69) is 5.32 Å². The van der Waals surface area contributed by atoms with Crippen LogP contribution in [0.3, 0.4) is 0 Å². The van der Waals surface area contributed by atoms with E-state index in [9.17, 15) is 22.8 Å². The zero-order chi connectivity index (χ0) is 16.3. The number of amides is 2. The van der Waals surface area contributed by atoms with Crippen LogP contribution in [0.1, 0.15) is 25.3 Å². The van der Waals surface area contributed by atoms with Crippen LogP contribution in [0.4, 0.5) is 23.7 Å². The number of nitrogens with one attached hydrogen (secondary N) is 1. The molecule has 8 heteroatoms. The van der Waals surface area contributed by atoms with Crippen molar-refractivity contribution in [2.75, 3.05) is 11.9 Å². The van der Waals surface area contributed by atoms with E-state index in [1.807, 2.05) is 6.92 Å². The molecule has 1 atom stereocenters. The molecule has 1 N–H and O–H groups in total. The molecule has 0 aromatic heterocycles. The van der Waals surface area contributed by atoms with Crippen molar-refractivity contribution in [2.24, 2.45) is 0 Å². The van der Waals surface area contributed by atoms with Gasteiger partial charge in [-0.3, -0.25) is 14.5 Å². The minimum absolute atomic E-state index is 0.158. The topological polar surface area (TPSA) is 49.4 Å². The molecule has 1 aromatic rings. The summed E-state index contributed by atoms with van der Waals surface area (Å²) in [7, 11) is 0. The second-order valence-electron chi connectivity index (χ2n) is 4.83. The minimum Gasteiger partial charge on any atom is -0.365 e. The number of benzene rings is 1. The molecule has 0 spiro atoms. The number of hydrogen-bond donors (Lipinski definition) is 1. The minimum atomic E-state index is -4.45. The quantitative estimate of drug-likeness (QED) is 0.887. The molecule has 4 nitrogen and oxygen atoms in total. The third-order valence-corrected chi connectivity index (χ3v) is 4.13. The standard InChI is InChI=1S/C14H15F3N2O2S/c1-2-3-7-19-12(20)11(22-13(19)21)18-10-6-4-5-9(8-10)14(15,16)17/h4-6,8,11,18H,2-3,7H2,1H3/t11-/m0/s1. The molecule has 1 aliphatic rings. The maximum atomic E-state index is 12.7. The molecule has 1 saturated heterocycles. The first kappa shape index (κ1) is 16.7. The van der Waals surface area contributed by atoms with Crippen molar-refractivity contribution < 1.29 is 22.8 Å². The first-order valence-corrected chi connectivity index (χ1v) is 7.66. The average Bonchev–Trinajstić information content (AvgIpc) is 2.71. The van der Waals surface area contributed by atoms with Gasteiger partial charge in [0.15, 0.2) is 5.37 Å². The van der Waals surface area contributed by atoms with Crippen molar-refractivity contribution in [1.29, 1.82) is 0 Å². The Morgan fingerprint density at radius 1 is 1.32 bits per heavy atom. The number of alkyl halides is 3. The summed E-state index contributed by atoms with van der Waals surface area (Å²) in [6, 6.07) is 4.56. The lowest BCUT2D eigenvalue weighted by Crippen LogP contribution is -2.35. The van der Waals surface area contributed by atoms with Crippen LogP contribution in [0.2, 0.25) is 0 Å². The van der Waals surface area contributed by atoms with Gasteiger partial charge in [0.2, 0.25) is 0 Å². The van der Waals surface area contributed by atoms with Gasteiger partial charge in [0.1, 0.15) is 0 Å². The van der Waals surface area contributed by atoms with E-state index in [4.69, 9.17) is 0 Å². The van der Waals surface area contributed by atoms with Crippen LogP contribution in [0, 0.1) is 0 Å². The van der Waals surface area contributed by atoms with Crippen molar-refractivity contribution in [1.82, 2.24) is 4.90 Å². The van der Waals surface area contributed by atoms with Gasteiger partial charge in [0.05, 0.1) is 5.56 Å². The third kappa shape index (κ3) is 3.73. The van der Waals surface area contributed by atoms with Gasteiger partial charge in [0.25, 0.3) is 11.1 Å². The van der Waals surface area contributed by atoms with Crippen LogP contribution in [-0.4, -0.2) is 28.0 Å². The number of halogens is 3. The molecule has 1 aliphatic heterocycles. The normalized spacial score (nSPS) is 18.9. The highest BCUT2D eigenvalue weighted by molar-refractivity contribution is 8.15. The summed E-state index contributed by atoms with van der Waals surface area (Å²) in [4.78, 5) is 25.0. The van der Waals surface area contributed by atoms with E-state index in [0.717, 1.165) is 35.2 Å². The molecular formula is C14H15F3N2O2S. The lowest BCUT2D eigenvalue weighted by atomic mass is 10.2. The van der Waals surface area contributed by atoms with Gasteiger partial charge in [-0.25, -0.2) is 0 Å². The Morgan fingerprint density at radius 2 is 2.05 bits per heavy atom. The van der Waals surface area contributed by atoms with E-state index >= 15 is 0 Å². The van der Waals surface area contributed by atoms with Gasteiger partial charge in [-0.2, -0.15) is 13.2 Å². The first-order valence-electron chi connectivity index (χ1n) is 6.78. The maximum absolute atomic E-state index is 12.7. The molecule has 0 radical (unpaired) electrons. The van der Waals surface area contributed by atoms with Gasteiger partial charge in [-0.05, 0) is 36.4 Å². The fraction of sp³-hybridized carbons (Fsp3) is 0.429. The van der Waals surface area contributed by atoms with Crippen LogP contribution in [0.15, 0.2) is 24.3 Å². The second kappa shape index (κ2) is 6.60. The Labute approximate surface area is 130 Å². The highest BCUT2D eigenvalue weighted by Crippen LogP contribution is 2.33. The Kier molecular flexibility index (Phi) is 5.00. The summed E-state index contributed by atoms with van der Waals surface area (Å²) in [5, 5.41) is 1.44. The van der Waals surface area contributed by atoms with E-state index in [1.165, 1.54) is 12.1 Å². The predicted molar refractivity (Wildman–Crippen MR) is 78.5 cm³/mol. The first-order chi connectivity index (χ1) is 10.3. The highest BCUT2D eigenvalue weighted by Gasteiger charge is 2.39. The van der Waals surface area contributed by atoms with E-state index < -0.39 is 23.0 Å². The van der Waals surface area contributed by atoms with Crippen LogP contribution in [0.25, 0.3) is 0 Å². The number of anilines is 1. The number of carbonyl (C=O) groups excluding carboxylic acids is 2. The Hall–Kier alpha value is -1.70. The van der Waals surface area contributed by atoms with Crippen LogP contribution in [-0.2, 0) is 11.0 Å². The molecule has 2 amide bonds. The smallest absolute Gasteiger partial charge is 0.365 e. The molecule has 2 rings (SSSR count). The summed E-state index contributed by atoms with van der Waals surface area (Å²) in [5.74, 6) is -0.416. The number of hydrogen-bond acceptors (Lipinski definition) is 4. The molecule has 0 unspecified atom stereocenters. The molecule has 120 valence electrons. The number of thioether (sulfide) groups is 1. The summed E-state index contributed by atoms with van der Waals surface area (Å²) >= 11 is 0.785. The molecule has 1 fully saturated rings. The largest absolute Gasteiger partial charge is 0.416 e.